The summed E-state index contributed by atoms with van der Waals surface area (Å²) in [4.78, 5) is 53.4. The zero-order valence-corrected chi connectivity index (χ0v) is 21.2. The van der Waals surface area contributed by atoms with Gasteiger partial charge in [-0.25, -0.2) is 9.78 Å². The Balaban J connectivity index is 1.50. The Labute approximate surface area is 225 Å². The molecule has 0 spiro atoms. The quantitative estimate of drug-likeness (QED) is 0.237. The SMILES string of the molecule is NC(=O)C[C@H](Cc1ccc2ccccc2c1)OC(=O)[C@H](CCCC(=O)O)NC(=O)c1ccc2ccccc2n1. The lowest BCUT2D eigenvalue weighted by Gasteiger charge is -2.22. The summed E-state index contributed by atoms with van der Waals surface area (Å²) >= 11 is 0. The van der Waals surface area contributed by atoms with Crippen molar-refractivity contribution in [2.75, 3.05) is 0 Å². The summed E-state index contributed by atoms with van der Waals surface area (Å²) in [7, 11) is 0. The molecule has 0 fully saturated rings. The first kappa shape index (κ1) is 27.3. The van der Waals surface area contributed by atoms with Crippen molar-refractivity contribution in [2.45, 2.75) is 44.2 Å². The van der Waals surface area contributed by atoms with Gasteiger partial charge in [-0.05, 0) is 41.3 Å². The third-order valence-electron chi connectivity index (χ3n) is 6.29. The number of para-hydroxylation sites is 1. The fourth-order valence-electron chi connectivity index (χ4n) is 4.39. The number of carboxylic acid groups (broad SMARTS) is 1. The molecule has 0 aliphatic heterocycles. The van der Waals surface area contributed by atoms with Gasteiger partial charge in [-0.3, -0.25) is 14.4 Å². The average Bonchev–Trinajstić information content (AvgIpc) is 2.91. The second-order valence-electron chi connectivity index (χ2n) is 9.32. The van der Waals surface area contributed by atoms with E-state index in [2.05, 4.69) is 10.3 Å². The summed E-state index contributed by atoms with van der Waals surface area (Å²) in [6, 6.07) is 23.0. The van der Waals surface area contributed by atoms with E-state index in [1.54, 1.807) is 24.3 Å². The number of hydrogen-bond donors (Lipinski definition) is 3. The average molecular weight is 528 g/mol. The van der Waals surface area contributed by atoms with E-state index in [1.807, 2.05) is 54.6 Å². The fourth-order valence-corrected chi connectivity index (χ4v) is 4.39. The van der Waals surface area contributed by atoms with Crippen molar-refractivity contribution < 1.29 is 29.0 Å². The van der Waals surface area contributed by atoms with Gasteiger partial charge >= 0.3 is 11.9 Å². The number of amides is 2. The Morgan fingerprint density at radius 2 is 1.59 bits per heavy atom. The molecule has 9 heteroatoms. The summed E-state index contributed by atoms with van der Waals surface area (Å²) in [6.45, 7) is 0. The molecule has 4 N–H and O–H groups in total. The molecule has 4 aromatic rings. The number of fused-ring (bicyclic) bond motifs is 2. The largest absolute Gasteiger partial charge is 0.481 e. The number of nitrogens with two attached hydrogens (primary N) is 1. The van der Waals surface area contributed by atoms with Crippen LogP contribution in [-0.4, -0.2) is 46.0 Å². The minimum absolute atomic E-state index is 0.0315. The molecule has 1 heterocycles. The topological polar surface area (TPSA) is 149 Å². The minimum Gasteiger partial charge on any atom is -0.481 e. The number of nitrogens with zero attached hydrogens (tertiary/aromatic N) is 1. The lowest BCUT2D eigenvalue weighted by atomic mass is 10.0. The summed E-state index contributed by atoms with van der Waals surface area (Å²) in [6.07, 6.45) is -0.860. The van der Waals surface area contributed by atoms with Crippen molar-refractivity contribution in [3.05, 3.63) is 90.1 Å². The van der Waals surface area contributed by atoms with E-state index >= 15 is 0 Å². The van der Waals surface area contributed by atoms with Crippen LogP contribution in [0.4, 0.5) is 0 Å². The first-order valence-electron chi connectivity index (χ1n) is 12.6. The summed E-state index contributed by atoms with van der Waals surface area (Å²) < 4.78 is 5.68. The predicted molar refractivity (Wildman–Crippen MR) is 146 cm³/mol. The van der Waals surface area contributed by atoms with Crippen LogP contribution in [0.1, 0.15) is 41.7 Å². The van der Waals surface area contributed by atoms with Gasteiger partial charge in [0.25, 0.3) is 5.91 Å². The summed E-state index contributed by atoms with van der Waals surface area (Å²) in [5, 5.41) is 14.6. The molecule has 0 saturated carbocycles. The maximum Gasteiger partial charge on any atom is 0.328 e. The Hall–Kier alpha value is -4.79. The van der Waals surface area contributed by atoms with Gasteiger partial charge in [0.1, 0.15) is 17.8 Å². The van der Waals surface area contributed by atoms with Crippen LogP contribution in [-0.2, 0) is 25.5 Å². The first-order valence-corrected chi connectivity index (χ1v) is 12.6. The lowest BCUT2D eigenvalue weighted by Crippen LogP contribution is -2.44. The zero-order chi connectivity index (χ0) is 27.8. The van der Waals surface area contributed by atoms with E-state index in [0.717, 1.165) is 21.7 Å². The van der Waals surface area contributed by atoms with Gasteiger partial charge < -0.3 is 20.9 Å². The molecule has 0 unspecified atom stereocenters. The van der Waals surface area contributed by atoms with Crippen LogP contribution in [0.2, 0.25) is 0 Å². The molecule has 2 atom stereocenters. The van der Waals surface area contributed by atoms with E-state index in [0.29, 0.717) is 5.52 Å². The number of carbonyl (C=O) groups excluding carboxylic acids is 3. The second-order valence-corrected chi connectivity index (χ2v) is 9.32. The summed E-state index contributed by atoms with van der Waals surface area (Å²) in [5.41, 5.74) is 7.00. The van der Waals surface area contributed by atoms with E-state index in [1.165, 1.54) is 0 Å². The van der Waals surface area contributed by atoms with Crippen LogP contribution in [0.3, 0.4) is 0 Å². The molecule has 39 heavy (non-hydrogen) atoms. The van der Waals surface area contributed by atoms with Gasteiger partial charge in [0.05, 0.1) is 11.9 Å². The number of aliphatic carboxylic acids is 1. The standard InChI is InChI=1S/C30H29N3O6/c31-27(34)18-23(17-19-12-13-20-6-1-2-8-22(20)16-19)39-30(38)26(10-5-11-28(35)36)33-29(37)25-15-14-21-7-3-4-9-24(21)32-25/h1-4,6-9,12-16,23,26H,5,10-11,17-18H2,(H2,31,34)(H,33,37)(H,35,36)/t23-,26-/m0/s1. The number of benzene rings is 3. The molecule has 4 rings (SSSR count). The third kappa shape index (κ3) is 7.61. The number of primary amides is 1. The normalized spacial score (nSPS) is 12.5. The van der Waals surface area contributed by atoms with Gasteiger partial charge in [-0.2, -0.15) is 0 Å². The molecular formula is C30H29N3O6. The van der Waals surface area contributed by atoms with E-state index in [4.69, 9.17) is 15.6 Å². The van der Waals surface area contributed by atoms with E-state index in [9.17, 15) is 19.2 Å². The zero-order valence-electron chi connectivity index (χ0n) is 21.2. The number of rotatable bonds is 12. The molecule has 200 valence electrons. The molecule has 2 amide bonds. The van der Waals surface area contributed by atoms with Gasteiger partial charge in [-0.15, -0.1) is 0 Å². The van der Waals surface area contributed by atoms with Gasteiger partial charge in [0.2, 0.25) is 5.91 Å². The number of esters is 1. The van der Waals surface area contributed by atoms with Gasteiger partial charge in [0, 0.05) is 18.2 Å². The van der Waals surface area contributed by atoms with Gasteiger partial charge in [-0.1, -0.05) is 66.7 Å². The highest BCUT2D eigenvalue weighted by Gasteiger charge is 2.27. The smallest absolute Gasteiger partial charge is 0.328 e. The maximum atomic E-state index is 13.2. The highest BCUT2D eigenvalue weighted by molar-refractivity contribution is 5.97. The first-order chi connectivity index (χ1) is 18.8. The molecule has 1 aromatic heterocycles. The molecule has 0 bridgehead atoms. The molecule has 0 radical (unpaired) electrons. The van der Waals surface area contributed by atoms with Crippen molar-refractivity contribution in [2.24, 2.45) is 5.73 Å². The van der Waals surface area contributed by atoms with E-state index in [-0.39, 0.29) is 37.8 Å². The molecule has 0 aliphatic rings. The number of nitrogens with one attached hydrogen (secondary N) is 1. The molecule has 9 nitrogen and oxygen atoms in total. The highest BCUT2D eigenvalue weighted by atomic mass is 16.5. The highest BCUT2D eigenvalue weighted by Crippen LogP contribution is 2.19. The van der Waals surface area contributed by atoms with Crippen LogP contribution in [0.15, 0.2) is 78.9 Å². The molecule has 3 aromatic carbocycles. The molecule has 0 saturated heterocycles. The van der Waals surface area contributed by atoms with Crippen LogP contribution >= 0.6 is 0 Å². The Morgan fingerprint density at radius 1 is 0.897 bits per heavy atom. The van der Waals surface area contributed by atoms with Gasteiger partial charge in [0.15, 0.2) is 0 Å². The number of carbonyl (C=O) groups is 4. The van der Waals surface area contributed by atoms with Crippen molar-refractivity contribution >= 4 is 45.4 Å². The second kappa shape index (κ2) is 12.6. The number of pyridine rings is 1. The Bertz CT molecular complexity index is 1520. The number of aromatic nitrogens is 1. The summed E-state index contributed by atoms with van der Waals surface area (Å²) in [5.74, 6) is -3.03. The Kier molecular flexibility index (Phi) is 8.83. The Morgan fingerprint density at radius 3 is 2.33 bits per heavy atom. The monoisotopic (exact) mass is 527 g/mol. The lowest BCUT2D eigenvalue weighted by molar-refractivity contribution is -0.153. The maximum absolute atomic E-state index is 13.2. The third-order valence-corrected chi connectivity index (χ3v) is 6.29. The van der Waals surface area contributed by atoms with E-state index < -0.39 is 35.9 Å². The van der Waals surface area contributed by atoms with Crippen molar-refractivity contribution in [1.29, 1.82) is 0 Å². The van der Waals surface area contributed by atoms with Crippen LogP contribution < -0.4 is 11.1 Å². The minimum atomic E-state index is -1.14. The molecule has 0 aliphatic carbocycles. The molecular weight excluding hydrogens is 498 g/mol. The van der Waals surface area contributed by atoms with Crippen molar-refractivity contribution in [3.8, 4) is 0 Å². The van der Waals surface area contributed by atoms with Crippen LogP contribution in [0.25, 0.3) is 21.7 Å². The number of carboxylic acids is 1. The van der Waals surface area contributed by atoms with Crippen LogP contribution in [0, 0.1) is 0 Å². The fraction of sp³-hybridized carbons (Fsp3) is 0.233. The number of ether oxygens (including phenoxy) is 1. The van der Waals surface area contributed by atoms with Crippen LogP contribution in [0.5, 0.6) is 0 Å². The number of hydrogen-bond acceptors (Lipinski definition) is 6. The van der Waals surface area contributed by atoms with Crippen molar-refractivity contribution in [1.82, 2.24) is 10.3 Å². The van der Waals surface area contributed by atoms with Crippen molar-refractivity contribution in [3.63, 3.8) is 0 Å². The predicted octanol–water partition coefficient (Wildman–Crippen LogP) is 3.77.